The average Bonchev–Trinajstić information content (AvgIpc) is 3.85. The lowest BCUT2D eigenvalue weighted by Gasteiger charge is -2.34. The molecule has 85 heavy (non-hydrogen) atoms. The number of rotatable bonds is 26. The largest absolute Gasteiger partial charge is 0.444 e. The van der Waals surface area contributed by atoms with Crippen LogP contribution < -0.4 is 9.80 Å². The van der Waals surface area contributed by atoms with Gasteiger partial charge in [-0.1, -0.05) is 78.6 Å². The molecule has 25 heteroatoms. The number of carbonyl (C=O) groups excluding carboxylic acids is 3. The fourth-order valence-corrected chi connectivity index (χ4v) is 12.4. The number of amides is 2. The molecule has 21 nitrogen and oxygen atoms in total. The third-order valence-corrected chi connectivity index (χ3v) is 21.2. The van der Waals surface area contributed by atoms with Crippen molar-refractivity contribution in [2.24, 2.45) is 0 Å². The quantitative estimate of drug-likeness (QED) is 0.0218. The van der Waals surface area contributed by atoms with E-state index in [2.05, 4.69) is 99.6 Å². The summed E-state index contributed by atoms with van der Waals surface area (Å²) < 4.78 is 45.4. The van der Waals surface area contributed by atoms with Crippen molar-refractivity contribution in [2.45, 2.75) is 193 Å². The highest BCUT2D eigenvalue weighted by molar-refractivity contribution is 6.77. The highest BCUT2D eigenvalue weighted by Crippen LogP contribution is 2.35. The minimum atomic E-state index is -1.25. The van der Waals surface area contributed by atoms with Crippen LogP contribution in [-0.4, -0.2) is 185 Å². The number of ether oxygens (including phenoxy) is 6. The third-order valence-electron chi connectivity index (χ3n) is 14.4. The average molecular weight is 1250 g/mol. The third kappa shape index (κ3) is 22.6. The molecule has 2 atom stereocenters. The van der Waals surface area contributed by atoms with Crippen molar-refractivity contribution in [3.63, 3.8) is 0 Å². The van der Waals surface area contributed by atoms with Crippen LogP contribution in [0, 0.1) is 0 Å². The van der Waals surface area contributed by atoms with Crippen LogP contribution in [0.3, 0.4) is 0 Å². The molecular formula is C60H103N11O10Si4. The number of carbonyl (C=O) groups is 3. The molecule has 7 heterocycles. The Kier molecular flexibility index (Phi) is 24.2. The fraction of sp³-hybridized carbons (Fsp3) is 0.700. The van der Waals surface area contributed by atoms with Gasteiger partial charge in [0.1, 0.15) is 49.8 Å². The maximum Gasteiger partial charge on any atom is 0.410 e. The smallest absolute Gasteiger partial charge is 0.410 e. The lowest BCUT2D eigenvalue weighted by molar-refractivity contribution is 0.0187. The van der Waals surface area contributed by atoms with E-state index in [1.54, 1.807) is 32.9 Å². The first kappa shape index (κ1) is 69.1. The molecule has 0 spiro atoms. The number of hydrogen-bond donors (Lipinski definition) is 0. The molecule has 5 aromatic rings. The number of piperidine rings is 2. The first-order valence-electron chi connectivity index (χ1n) is 30.5. The summed E-state index contributed by atoms with van der Waals surface area (Å²) in [6.45, 7) is 45.9. The number of aldehydes is 1. The number of likely N-dealkylation sites (tertiary alicyclic amines) is 2. The van der Waals surface area contributed by atoms with E-state index < -0.39 is 43.5 Å². The fourth-order valence-electron chi connectivity index (χ4n) is 9.40. The van der Waals surface area contributed by atoms with Gasteiger partial charge in [-0.25, -0.2) is 24.5 Å². The van der Waals surface area contributed by atoms with E-state index >= 15 is 0 Å². The maximum absolute atomic E-state index is 13.0. The molecule has 0 radical (unpaired) electrons. The Bertz CT molecular complexity index is 2880. The Balaban J connectivity index is 0.000000273. The van der Waals surface area contributed by atoms with Crippen molar-refractivity contribution in [1.29, 1.82) is 0 Å². The van der Waals surface area contributed by atoms with Gasteiger partial charge in [-0.2, -0.15) is 19.2 Å². The summed E-state index contributed by atoms with van der Waals surface area (Å²) in [4.78, 5) is 59.6. The summed E-state index contributed by atoms with van der Waals surface area (Å²) in [6.07, 6.45) is 10.1. The van der Waals surface area contributed by atoms with Crippen molar-refractivity contribution >= 4 is 73.7 Å². The predicted molar refractivity (Wildman–Crippen MR) is 347 cm³/mol. The number of nitrogens with zero attached hydrogens (tertiary/aromatic N) is 11. The molecule has 2 aliphatic rings. The van der Waals surface area contributed by atoms with Gasteiger partial charge < -0.3 is 52.4 Å². The summed E-state index contributed by atoms with van der Waals surface area (Å²) in [5.41, 5.74) is 2.93. The Labute approximate surface area is 510 Å². The Morgan fingerprint density at radius 1 is 0.588 bits per heavy atom. The number of anilines is 2. The number of aromatic nitrogens is 7. The number of fused-ring (bicyclic) bond motifs is 2. The first-order valence-corrected chi connectivity index (χ1v) is 45.4. The predicted octanol–water partition coefficient (Wildman–Crippen LogP) is 13.0. The van der Waals surface area contributed by atoms with Crippen LogP contribution in [0.25, 0.3) is 22.6 Å². The summed E-state index contributed by atoms with van der Waals surface area (Å²) in [7, 11) is -5.00. The van der Waals surface area contributed by atoms with Gasteiger partial charge in [0.05, 0.1) is 41.1 Å². The van der Waals surface area contributed by atoms with Crippen LogP contribution in [0.2, 0.25) is 103 Å². The molecular weight excluding hydrogens is 1150 g/mol. The van der Waals surface area contributed by atoms with Gasteiger partial charge in [0, 0.05) is 109 Å². The molecule has 2 amide bonds. The van der Waals surface area contributed by atoms with Gasteiger partial charge in [-0.05, 0) is 91.4 Å². The summed E-state index contributed by atoms with van der Waals surface area (Å²) >= 11 is 0. The van der Waals surface area contributed by atoms with Crippen LogP contribution in [0.1, 0.15) is 101 Å². The Hall–Kier alpha value is -5.03. The van der Waals surface area contributed by atoms with Gasteiger partial charge in [-0.15, -0.1) is 0 Å². The molecule has 0 aromatic carbocycles. The van der Waals surface area contributed by atoms with E-state index in [1.165, 1.54) is 6.39 Å². The van der Waals surface area contributed by atoms with Crippen molar-refractivity contribution < 1.29 is 47.2 Å². The summed E-state index contributed by atoms with van der Waals surface area (Å²) in [6, 6.07) is 8.38. The second-order valence-corrected chi connectivity index (χ2v) is 52.2. The summed E-state index contributed by atoms with van der Waals surface area (Å²) in [5.74, 6) is 2.20. The van der Waals surface area contributed by atoms with Crippen LogP contribution in [0.4, 0.5) is 21.2 Å². The highest BCUT2D eigenvalue weighted by atomic mass is 28.3. The second kappa shape index (κ2) is 29.8. The Morgan fingerprint density at radius 3 is 1.34 bits per heavy atom. The number of hydrogen-bond acceptors (Lipinski definition) is 17. The SMILES string of the molecule is CC(C)(C)OC(=O)N1CCCC(c2cc(N(COCC[Si](C)(C)C)COCC[Si](C)(C)C)n3ncc(-c4cnco4)c3n2)C1.CC(C)(C)OC(=O)N1CCCC(c2cc(N(COCC[Si](C)(C)C)COCC[Si](C)(C)C)n3ncc(C=O)c3n2)C1. The van der Waals surface area contributed by atoms with E-state index in [0.717, 1.165) is 84.7 Å². The van der Waals surface area contributed by atoms with E-state index in [-0.39, 0.29) is 24.0 Å². The van der Waals surface area contributed by atoms with Crippen molar-refractivity contribution in [1.82, 2.24) is 44.0 Å². The molecule has 2 unspecified atom stereocenters. The monoisotopic (exact) mass is 1250 g/mol. The van der Waals surface area contributed by atoms with Crippen LogP contribution >= 0.6 is 0 Å². The minimum absolute atomic E-state index is 0.00288. The van der Waals surface area contributed by atoms with Crippen molar-refractivity contribution in [3.05, 3.63) is 54.1 Å². The molecule has 2 saturated heterocycles. The lowest BCUT2D eigenvalue weighted by Crippen LogP contribution is -2.42. The van der Waals surface area contributed by atoms with E-state index in [4.69, 9.17) is 47.9 Å². The van der Waals surface area contributed by atoms with Gasteiger partial charge in [0.15, 0.2) is 29.7 Å². The van der Waals surface area contributed by atoms with Crippen LogP contribution in [0.5, 0.6) is 0 Å². The minimum Gasteiger partial charge on any atom is -0.444 e. The topological polar surface area (TPSA) is 206 Å². The number of oxazole rings is 1. The van der Waals surface area contributed by atoms with E-state index in [9.17, 15) is 14.4 Å². The second-order valence-electron chi connectivity index (χ2n) is 29.7. The van der Waals surface area contributed by atoms with Gasteiger partial charge in [0.25, 0.3) is 0 Å². The van der Waals surface area contributed by atoms with Crippen molar-refractivity contribution in [3.8, 4) is 11.3 Å². The highest BCUT2D eigenvalue weighted by Gasteiger charge is 2.33. The molecule has 5 aromatic heterocycles. The van der Waals surface area contributed by atoms with Gasteiger partial charge in [-0.3, -0.25) is 4.79 Å². The molecule has 0 saturated carbocycles. The molecule has 0 N–H and O–H groups in total. The Morgan fingerprint density at radius 2 is 0.976 bits per heavy atom. The molecule has 474 valence electrons. The maximum atomic E-state index is 13.0. The van der Waals surface area contributed by atoms with E-state index in [1.807, 2.05) is 57.0 Å². The zero-order valence-electron chi connectivity index (χ0n) is 54.8. The first-order chi connectivity index (χ1) is 39.7. The summed E-state index contributed by atoms with van der Waals surface area (Å²) in [5, 5.41) is 9.26. The molecule has 7 rings (SSSR count). The zero-order valence-corrected chi connectivity index (χ0v) is 58.8. The van der Waals surface area contributed by atoms with Crippen LogP contribution in [0.15, 0.2) is 41.5 Å². The normalized spacial score (nSPS) is 16.6. The lowest BCUT2D eigenvalue weighted by atomic mass is 9.94. The zero-order chi connectivity index (χ0) is 62.5. The van der Waals surface area contributed by atoms with Gasteiger partial charge >= 0.3 is 12.2 Å². The standard InChI is InChI=1S/C31H52N6O5Si2.C29H51N5O5Si2/c1-31(2,3)42-30(38)35-12-10-11-24(20-35)26-17-28(37-29(34-26)25(18-33-37)27-19-32-21-41-27)36(22-39-13-15-43(4,5)6)23-40-14-16-44(7,8)9;1-29(2,3)39-28(36)32-12-10-11-23(19-32)25-17-26(34-27(31-25)24(20-35)18-30-34)33(21-37-13-15-40(4,5)6)22-38-14-16-41(7,8)9/h17-19,21,24H,10-16,20,22-23H2,1-9H3;17-18,20,23H,10-16,19,21-22H2,1-9H3. The van der Waals surface area contributed by atoms with Gasteiger partial charge in [0.2, 0.25) is 0 Å². The molecule has 0 aliphatic carbocycles. The van der Waals surface area contributed by atoms with Crippen molar-refractivity contribution in [2.75, 3.05) is 89.3 Å². The van der Waals surface area contributed by atoms with E-state index in [0.29, 0.717) is 102 Å². The molecule has 2 fully saturated rings. The molecule has 0 bridgehead atoms. The molecule has 2 aliphatic heterocycles. The van der Waals surface area contributed by atoms with Crippen LogP contribution in [-0.2, 0) is 28.4 Å².